The lowest BCUT2D eigenvalue weighted by atomic mass is 9.66. The molecule has 0 spiro atoms. The standard InChI is InChI=1S/C69H98O3P/c1-40(2)64(14,15)50-32-48-34-57(66(18,19)42(5)6)55(38-53(48)59(36-50)68(22,23)44(9)10)52-30-31-61(73(70,71)72)62(47-28-26-46(13)27-29-47)63(52)56-39-54-49(35-58(56)67(20,21)43(7)8)33-51(65(16,17)41(3)4)37-60(54)69(24,25)45(11)12/h26-45,70-72H,1-25H3/q+1. The molecule has 0 amide bonds. The Hall–Kier alpha value is -3.85. The number of hydrogen-bond acceptors (Lipinski definition) is 3. The summed E-state index contributed by atoms with van der Waals surface area (Å²) >= 11 is 0. The lowest BCUT2D eigenvalue weighted by molar-refractivity contribution is 0.347. The highest BCUT2D eigenvalue weighted by Crippen LogP contribution is 2.56. The number of hydrogen-bond donors (Lipinski definition) is 3. The van der Waals surface area contributed by atoms with E-state index in [9.17, 15) is 14.7 Å². The van der Waals surface area contributed by atoms with Crippen LogP contribution in [0.2, 0.25) is 0 Å². The highest BCUT2D eigenvalue weighted by Gasteiger charge is 2.43. The minimum atomic E-state index is -4.62. The monoisotopic (exact) mass is 1010 g/mol. The van der Waals surface area contributed by atoms with Gasteiger partial charge in [0.2, 0.25) is 0 Å². The molecule has 0 saturated carbocycles. The first-order chi connectivity index (χ1) is 33.2. The zero-order valence-electron chi connectivity index (χ0n) is 50.3. The summed E-state index contributed by atoms with van der Waals surface area (Å²) in [5, 5.41) is 5.07. The minimum absolute atomic E-state index is 0.0627. The second kappa shape index (κ2) is 19.9. The summed E-state index contributed by atoms with van der Waals surface area (Å²) in [5.74, 6) is 2.05. The van der Waals surface area contributed by atoms with Crippen LogP contribution >= 0.6 is 7.94 Å². The van der Waals surface area contributed by atoms with Gasteiger partial charge in [-0.2, -0.15) is 14.7 Å². The van der Waals surface area contributed by atoms with E-state index >= 15 is 0 Å². The van der Waals surface area contributed by atoms with Crippen molar-refractivity contribution in [1.82, 2.24) is 0 Å². The molecule has 0 aliphatic rings. The van der Waals surface area contributed by atoms with Crippen molar-refractivity contribution < 1.29 is 14.7 Å². The van der Waals surface area contributed by atoms with Crippen molar-refractivity contribution in [1.29, 1.82) is 0 Å². The van der Waals surface area contributed by atoms with Crippen LogP contribution < -0.4 is 5.30 Å². The van der Waals surface area contributed by atoms with Crippen molar-refractivity contribution >= 4 is 34.8 Å². The van der Waals surface area contributed by atoms with E-state index in [1.807, 2.05) is 6.07 Å². The second-order valence-electron chi connectivity index (χ2n) is 27.9. The topological polar surface area (TPSA) is 60.7 Å². The molecule has 396 valence electrons. The molecule has 0 aliphatic carbocycles. The third-order valence-electron chi connectivity index (χ3n) is 20.5. The van der Waals surface area contributed by atoms with Gasteiger partial charge in [-0.15, -0.1) is 0 Å². The molecule has 0 radical (unpaired) electrons. The van der Waals surface area contributed by atoms with Crippen LogP contribution in [0.15, 0.2) is 84.9 Å². The van der Waals surface area contributed by atoms with Gasteiger partial charge in [-0.1, -0.05) is 220 Å². The zero-order chi connectivity index (χ0) is 55.3. The summed E-state index contributed by atoms with van der Waals surface area (Å²) in [7, 11) is -4.62. The molecule has 0 aliphatic heterocycles. The Balaban J connectivity index is 2.03. The van der Waals surface area contributed by atoms with E-state index in [-0.39, 0.29) is 49.6 Å². The van der Waals surface area contributed by atoms with Crippen molar-refractivity contribution in [2.75, 3.05) is 0 Å². The highest BCUT2D eigenvalue weighted by molar-refractivity contribution is 7.67. The van der Waals surface area contributed by atoms with Crippen molar-refractivity contribution in [2.24, 2.45) is 35.5 Å². The van der Waals surface area contributed by atoms with Crippen LogP contribution in [0, 0.1) is 42.4 Å². The van der Waals surface area contributed by atoms with E-state index in [1.54, 1.807) is 0 Å². The molecule has 0 heterocycles. The summed E-state index contributed by atoms with van der Waals surface area (Å²) in [6.07, 6.45) is 0. The third-order valence-corrected chi connectivity index (χ3v) is 21.5. The maximum absolute atomic E-state index is 11.8. The highest BCUT2D eigenvalue weighted by atomic mass is 31.2. The average molecular weight is 1010 g/mol. The molecule has 3 nitrogen and oxygen atoms in total. The Kier molecular flexibility index (Phi) is 16.0. The van der Waals surface area contributed by atoms with Gasteiger partial charge >= 0.3 is 7.94 Å². The van der Waals surface area contributed by atoms with E-state index < -0.39 is 7.94 Å². The lowest BCUT2D eigenvalue weighted by Crippen LogP contribution is -2.29. The van der Waals surface area contributed by atoms with E-state index in [1.165, 1.54) is 54.9 Å². The molecule has 73 heavy (non-hydrogen) atoms. The van der Waals surface area contributed by atoms with Crippen molar-refractivity contribution in [2.45, 2.75) is 206 Å². The van der Waals surface area contributed by atoms with Gasteiger partial charge in [0, 0.05) is 11.1 Å². The maximum atomic E-state index is 11.8. The predicted octanol–water partition coefficient (Wildman–Crippen LogP) is 19.3. The molecule has 4 heteroatoms. The molecule has 0 fully saturated rings. The summed E-state index contributed by atoms with van der Waals surface area (Å²) in [4.78, 5) is 35.4. The van der Waals surface area contributed by atoms with Gasteiger partial charge in [-0.3, -0.25) is 0 Å². The molecular formula is C69H98O3P+. The molecule has 0 atom stereocenters. The minimum Gasteiger partial charge on any atom is -0.189 e. The first kappa shape index (κ1) is 58.4. The van der Waals surface area contributed by atoms with Crippen LogP contribution in [0.25, 0.3) is 54.9 Å². The normalized spacial score (nSPS) is 13.9. The average Bonchev–Trinajstić information content (AvgIpc) is 3.28. The predicted molar refractivity (Wildman–Crippen MR) is 323 cm³/mol. The molecule has 0 aromatic heterocycles. The molecule has 0 unspecified atom stereocenters. The van der Waals surface area contributed by atoms with E-state index in [2.05, 4.69) is 252 Å². The molecule has 6 rings (SSSR count). The van der Waals surface area contributed by atoms with Crippen molar-refractivity contribution in [3.05, 3.63) is 124 Å². The van der Waals surface area contributed by atoms with Crippen LogP contribution in [-0.2, 0) is 32.5 Å². The number of fused-ring (bicyclic) bond motifs is 2. The van der Waals surface area contributed by atoms with Crippen LogP contribution in [-0.4, -0.2) is 14.7 Å². The van der Waals surface area contributed by atoms with Gasteiger partial charge in [0.05, 0.1) is 0 Å². The van der Waals surface area contributed by atoms with Crippen LogP contribution in [0.5, 0.6) is 0 Å². The maximum Gasteiger partial charge on any atom is 0.441 e. The third kappa shape index (κ3) is 10.4. The van der Waals surface area contributed by atoms with Gasteiger partial charge in [0.25, 0.3) is 0 Å². The Labute approximate surface area is 445 Å². The number of benzene rings is 6. The zero-order valence-corrected chi connectivity index (χ0v) is 51.2. The number of aryl methyl sites for hydroxylation is 1. The molecule has 6 aromatic carbocycles. The first-order valence-electron chi connectivity index (χ1n) is 27.8. The molecule has 3 N–H and O–H groups in total. The Morgan fingerprint density at radius 1 is 0.342 bits per heavy atom. The van der Waals surface area contributed by atoms with E-state index in [0.717, 1.165) is 33.4 Å². The summed E-state index contributed by atoms with van der Waals surface area (Å²) < 4.78 is 0. The van der Waals surface area contributed by atoms with Gasteiger partial charge in [-0.05, 0) is 188 Å². The quantitative estimate of drug-likeness (QED) is 0.0847. The van der Waals surface area contributed by atoms with Crippen molar-refractivity contribution in [3.8, 4) is 33.4 Å². The smallest absolute Gasteiger partial charge is 0.189 e. The Morgan fingerprint density at radius 2 is 0.685 bits per heavy atom. The lowest BCUT2D eigenvalue weighted by Gasteiger charge is -2.38. The molecule has 0 bridgehead atoms. The second-order valence-corrected chi connectivity index (χ2v) is 29.5. The van der Waals surface area contributed by atoms with Crippen LogP contribution in [0.1, 0.15) is 205 Å². The molecule has 6 aromatic rings. The largest absolute Gasteiger partial charge is 0.441 e. The Morgan fingerprint density at radius 3 is 1.04 bits per heavy atom. The SMILES string of the molecule is Cc1ccc(-c2c([P+](O)(O)O)ccc(-c3cc4c(C(C)(C)C(C)C)cc(C(C)(C)C(C)C)cc4cc3C(C)(C)C(C)C)c2-c2cc3c(C(C)(C)C(C)C)cc(C(C)(C)C(C)C)cc3cc2C(C)(C)C(C)C)cc1. The van der Waals surface area contributed by atoms with Gasteiger partial charge in [-0.25, -0.2) is 0 Å². The summed E-state index contributed by atoms with van der Waals surface area (Å²) in [5.41, 5.74) is 13.3. The van der Waals surface area contributed by atoms with Crippen LogP contribution in [0.3, 0.4) is 0 Å². The fourth-order valence-electron chi connectivity index (χ4n) is 10.4. The molecular weight excluding hydrogens is 908 g/mol. The summed E-state index contributed by atoms with van der Waals surface area (Å²) in [6, 6.07) is 32.2. The fourth-order valence-corrected chi connectivity index (χ4v) is 11.2. The summed E-state index contributed by atoms with van der Waals surface area (Å²) in [6.45, 7) is 58.8. The Bertz CT molecular complexity index is 3000. The van der Waals surface area contributed by atoms with Crippen molar-refractivity contribution in [3.63, 3.8) is 0 Å². The van der Waals surface area contributed by atoms with E-state index in [4.69, 9.17) is 0 Å². The van der Waals surface area contributed by atoms with Gasteiger partial charge in [0.1, 0.15) is 0 Å². The number of rotatable bonds is 16. The fraction of sp³-hybridized carbons (Fsp3) is 0.536. The van der Waals surface area contributed by atoms with Crippen LogP contribution in [0.4, 0.5) is 0 Å². The first-order valence-corrected chi connectivity index (χ1v) is 29.5. The van der Waals surface area contributed by atoms with Gasteiger partial charge < -0.3 is 0 Å². The van der Waals surface area contributed by atoms with Gasteiger partial charge in [0.15, 0.2) is 5.30 Å². The van der Waals surface area contributed by atoms with E-state index in [0.29, 0.717) is 29.2 Å². The molecule has 0 saturated heterocycles.